The summed E-state index contributed by atoms with van der Waals surface area (Å²) in [6.07, 6.45) is 0.297. The topological polar surface area (TPSA) is 267 Å². The van der Waals surface area contributed by atoms with Crippen LogP contribution in [0.4, 0.5) is 4.39 Å². The number of pyridine rings is 2. The molecule has 1 aliphatic carbocycles. The molecule has 0 saturated carbocycles. The zero-order chi connectivity index (χ0) is 47.1. The third-order valence-corrected chi connectivity index (χ3v) is 12.3. The van der Waals surface area contributed by atoms with E-state index in [1.165, 1.54) is 21.6 Å². The molecule has 4 heterocycles. The van der Waals surface area contributed by atoms with Crippen molar-refractivity contribution in [3.63, 3.8) is 0 Å². The highest BCUT2D eigenvalue weighted by molar-refractivity contribution is 5.96. The van der Waals surface area contributed by atoms with Crippen molar-refractivity contribution in [2.75, 3.05) is 26.2 Å². The third kappa shape index (κ3) is 8.95. The Labute approximate surface area is 373 Å². The second-order valence-electron chi connectivity index (χ2n) is 17.5. The molecular weight excluding hydrogens is 844 g/mol. The Morgan fingerprint density at radius 2 is 1.78 bits per heavy atom. The first-order valence-corrected chi connectivity index (χ1v) is 21.4. The van der Waals surface area contributed by atoms with Crippen LogP contribution in [0.5, 0.6) is 0 Å². The number of hydrogen-bond donors (Lipinski definition) is 6. The Hall–Kier alpha value is -6.57. The number of aromatic nitrogens is 2. The number of fused-ring (bicyclic) bond motifs is 5. The molecule has 18 nitrogen and oxygen atoms in total. The number of nitrogens with two attached hydrogens (primary N) is 2. The van der Waals surface area contributed by atoms with Crippen molar-refractivity contribution < 1.29 is 47.7 Å². The summed E-state index contributed by atoms with van der Waals surface area (Å²) in [7, 11) is 0. The van der Waals surface area contributed by atoms with Gasteiger partial charge in [-0.05, 0) is 75.3 Å². The maximum absolute atomic E-state index is 15.8. The Morgan fingerprint density at radius 1 is 1.06 bits per heavy atom. The average molecular weight is 897 g/mol. The monoisotopic (exact) mass is 896 g/mol. The van der Waals surface area contributed by atoms with Crippen LogP contribution in [0.3, 0.4) is 0 Å². The molecule has 4 atom stereocenters. The first-order valence-electron chi connectivity index (χ1n) is 21.4. The molecule has 0 bridgehead atoms. The number of cyclic esters (lactones) is 1. The summed E-state index contributed by atoms with van der Waals surface area (Å²) >= 11 is 0. The summed E-state index contributed by atoms with van der Waals surface area (Å²) in [6.45, 7) is 6.23. The molecule has 2 aliphatic heterocycles. The lowest BCUT2D eigenvalue weighted by molar-refractivity contribution is -0.172. The van der Waals surface area contributed by atoms with E-state index in [2.05, 4.69) is 16.0 Å². The van der Waals surface area contributed by atoms with Gasteiger partial charge in [0.2, 0.25) is 29.5 Å². The molecule has 0 saturated heterocycles. The first-order chi connectivity index (χ1) is 30.8. The predicted molar refractivity (Wildman–Crippen MR) is 233 cm³/mol. The molecule has 3 aliphatic rings. The Kier molecular flexibility index (Phi) is 12.9. The quantitative estimate of drug-likeness (QED) is 0.0802. The normalized spacial score (nSPS) is 18.1. The summed E-state index contributed by atoms with van der Waals surface area (Å²) in [5.74, 6) is -5.12. The van der Waals surface area contributed by atoms with Crippen LogP contribution in [-0.2, 0) is 69.8 Å². The molecule has 5 amide bonds. The van der Waals surface area contributed by atoms with E-state index in [-0.39, 0.29) is 80.0 Å². The molecule has 65 heavy (non-hydrogen) atoms. The average Bonchev–Trinajstić information content (AvgIpc) is 3.64. The van der Waals surface area contributed by atoms with Crippen molar-refractivity contribution >= 4 is 46.4 Å². The van der Waals surface area contributed by atoms with Gasteiger partial charge in [-0.15, -0.1) is 0 Å². The van der Waals surface area contributed by atoms with Gasteiger partial charge in [-0.2, -0.15) is 0 Å². The maximum Gasteiger partial charge on any atom is 0.343 e. The van der Waals surface area contributed by atoms with Crippen molar-refractivity contribution in [3.8, 4) is 11.4 Å². The molecule has 2 aromatic heterocycles. The second-order valence-corrected chi connectivity index (χ2v) is 17.5. The zero-order valence-electron chi connectivity index (χ0n) is 36.8. The smallest absolute Gasteiger partial charge is 0.343 e. The molecule has 344 valence electrons. The summed E-state index contributed by atoms with van der Waals surface area (Å²) in [5, 5.41) is 19.6. The van der Waals surface area contributed by atoms with E-state index in [9.17, 15) is 38.7 Å². The fourth-order valence-corrected chi connectivity index (χ4v) is 8.93. The van der Waals surface area contributed by atoms with Crippen molar-refractivity contribution in [2.45, 2.75) is 103 Å². The molecule has 0 fully saturated rings. The summed E-state index contributed by atoms with van der Waals surface area (Å²) < 4.78 is 28.5. The molecule has 0 spiro atoms. The van der Waals surface area contributed by atoms with E-state index in [0.29, 0.717) is 33.2 Å². The van der Waals surface area contributed by atoms with E-state index >= 15 is 4.39 Å². The number of aliphatic hydroxyl groups is 1. The number of ether oxygens (including phenoxy) is 2. The van der Waals surface area contributed by atoms with Crippen LogP contribution in [0.25, 0.3) is 22.3 Å². The minimum absolute atomic E-state index is 0.0141. The predicted octanol–water partition coefficient (Wildman–Crippen LogP) is 0.931. The van der Waals surface area contributed by atoms with Gasteiger partial charge in [0.25, 0.3) is 5.56 Å². The number of nitrogens with zero attached hydrogens (tertiary/aromatic N) is 3. The lowest BCUT2D eigenvalue weighted by Crippen LogP contribution is -2.57. The number of primary amides is 1. The summed E-state index contributed by atoms with van der Waals surface area (Å²) in [5.41, 5.74) is 11.5. The molecule has 7 rings (SSSR count). The van der Waals surface area contributed by atoms with Gasteiger partial charge in [-0.1, -0.05) is 37.3 Å². The van der Waals surface area contributed by atoms with Crippen LogP contribution in [0.1, 0.15) is 85.5 Å². The van der Waals surface area contributed by atoms with E-state index in [4.69, 9.17) is 25.9 Å². The minimum atomic E-state index is -2.12. The van der Waals surface area contributed by atoms with Gasteiger partial charge < -0.3 is 51.5 Å². The number of hydrogen-bond acceptors (Lipinski definition) is 12. The van der Waals surface area contributed by atoms with Crippen molar-refractivity contribution in [2.24, 2.45) is 11.5 Å². The van der Waals surface area contributed by atoms with Crippen LogP contribution < -0.4 is 33.0 Å². The number of aryl methyl sites for hydroxylation is 1. The highest BCUT2D eigenvalue weighted by Gasteiger charge is 2.47. The molecule has 4 aromatic rings. The molecule has 8 N–H and O–H groups in total. The standard InChI is InChI=1S/C46H53FN8O10/c1-6-46(63)28-15-33-40-26(20-54(33)43(61)27(28)21-64-44(46)62)39-32(13-12-25-23(2)29(47)16-30(53-40)38(25)39)55(34(41(49)59)22-65-45(3,4)5)37(58)19-51-42(60)31(14-24-10-8-7-9-11-24)52-36(57)18-50-35(56)17-48/h7-11,15-16,31-32,34,63H,6,12-14,17-22,48H2,1-5H3,(H2,49,59)(H,50,56)(H,51,60)(H,52,57)/t31-,32-,34-,46-/m0/s1. The first kappa shape index (κ1) is 46.4. The van der Waals surface area contributed by atoms with Crippen LogP contribution in [0, 0.1) is 12.7 Å². The minimum Gasteiger partial charge on any atom is -0.458 e. The highest BCUT2D eigenvalue weighted by Crippen LogP contribution is 2.48. The lowest BCUT2D eigenvalue weighted by Gasteiger charge is -2.41. The second kappa shape index (κ2) is 18.1. The van der Waals surface area contributed by atoms with Gasteiger partial charge >= 0.3 is 5.97 Å². The van der Waals surface area contributed by atoms with Crippen molar-refractivity contribution in [1.29, 1.82) is 0 Å². The Balaban J connectivity index is 1.32. The van der Waals surface area contributed by atoms with Gasteiger partial charge in [0.1, 0.15) is 24.5 Å². The largest absolute Gasteiger partial charge is 0.458 e. The SMILES string of the molecule is CC[C@@]1(O)C(=O)OCc2c1cc1n(c2=O)Cc2c-1nc1cc(F)c(C)c3c1c2[C@@H](N(C(=O)CNC(=O)[C@H](Cc1ccccc1)NC(=O)CNC(=O)CN)[C@@H](COC(C)(C)C)C(N)=O)CC3. The van der Waals surface area contributed by atoms with Gasteiger partial charge in [0.05, 0.1) is 66.9 Å². The van der Waals surface area contributed by atoms with Gasteiger partial charge in [0, 0.05) is 29.0 Å². The van der Waals surface area contributed by atoms with E-state index in [1.54, 1.807) is 65.0 Å². The lowest BCUT2D eigenvalue weighted by atomic mass is 9.80. The fraction of sp³-hybridized carbons (Fsp3) is 0.435. The Bertz CT molecular complexity index is 2680. The van der Waals surface area contributed by atoms with Gasteiger partial charge in [0.15, 0.2) is 5.60 Å². The van der Waals surface area contributed by atoms with Gasteiger partial charge in [-0.25, -0.2) is 14.2 Å². The summed E-state index contributed by atoms with van der Waals surface area (Å²) in [4.78, 5) is 101. The number of benzene rings is 2. The number of nitrogens with one attached hydrogen (secondary N) is 3. The fourth-order valence-electron chi connectivity index (χ4n) is 8.93. The number of carbonyl (C=O) groups is 6. The van der Waals surface area contributed by atoms with Crippen molar-refractivity contribution in [1.82, 2.24) is 30.4 Å². The Morgan fingerprint density at radius 3 is 2.45 bits per heavy atom. The maximum atomic E-state index is 15.8. The molecular formula is C46H53FN8O10. The highest BCUT2D eigenvalue weighted by atomic mass is 19.1. The van der Waals surface area contributed by atoms with Crippen LogP contribution in [0.15, 0.2) is 47.3 Å². The number of esters is 1. The van der Waals surface area contributed by atoms with Crippen LogP contribution in [0.2, 0.25) is 0 Å². The van der Waals surface area contributed by atoms with Crippen molar-refractivity contribution in [3.05, 3.63) is 97.6 Å². The molecule has 19 heteroatoms. The summed E-state index contributed by atoms with van der Waals surface area (Å²) in [6, 6.07) is 7.98. The van der Waals surface area contributed by atoms with E-state index < -0.39 is 89.3 Å². The number of rotatable bonds is 15. The van der Waals surface area contributed by atoms with E-state index in [1.807, 2.05) is 0 Å². The van der Waals surface area contributed by atoms with Crippen LogP contribution in [-0.4, -0.2) is 99.0 Å². The van der Waals surface area contributed by atoms with Gasteiger partial charge in [-0.3, -0.25) is 28.8 Å². The van der Waals surface area contributed by atoms with Crippen LogP contribution >= 0.6 is 0 Å². The van der Waals surface area contributed by atoms with E-state index in [0.717, 1.165) is 0 Å². The third-order valence-electron chi connectivity index (χ3n) is 12.3. The molecule has 2 aromatic carbocycles. The molecule has 0 unspecified atom stereocenters. The zero-order valence-corrected chi connectivity index (χ0v) is 36.8. The number of amides is 5. The number of carbonyl (C=O) groups excluding carboxylic acids is 6. The molecule has 0 radical (unpaired) electrons. The number of halogens is 1.